The third-order valence-corrected chi connectivity index (χ3v) is 5.17. The molecule has 0 spiro atoms. The van der Waals surface area contributed by atoms with Crippen LogP contribution in [0.2, 0.25) is 0 Å². The fourth-order valence-corrected chi connectivity index (χ4v) is 3.77. The Morgan fingerprint density at radius 3 is 2.65 bits per heavy atom. The number of carbonyl (C=O) groups is 2. The Balaban J connectivity index is 1.89. The van der Waals surface area contributed by atoms with E-state index < -0.39 is 5.97 Å². The Morgan fingerprint density at radius 1 is 1.25 bits per heavy atom. The van der Waals surface area contributed by atoms with Crippen molar-refractivity contribution in [2.45, 2.75) is 58.8 Å². The predicted molar refractivity (Wildman–Crippen MR) is 77.3 cm³/mol. The molecule has 4 nitrogen and oxygen atoms in total. The number of hydrogen-bond acceptors (Lipinski definition) is 2. The summed E-state index contributed by atoms with van der Waals surface area (Å²) >= 11 is 0. The summed E-state index contributed by atoms with van der Waals surface area (Å²) in [6.45, 7) is 6.01. The molecular formula is C16H27NO3. The molecule has 2 fully saturated rings. The molecule has 2 unspecified atom stereocenters. The molecule has 1 saturated heterocycles. The summed E-state index contributed by atoms with van der Waals surface area (Å²) in [5.41, 5.74) is 0.120. The van der Waals surface area contributed by atoms with Crippen LogP contribution in [0.3, 0.4) is 0 Å². The molecule has 0 aromatic carbocycles. The van der Waals surface area contributed by atoms with Crippen LogP contribution in [-0.4, -0.2) is 35.0 Å². The van der Waals surface area contributed by atoms with Crippen molar-refractivity contribution in [3.05, 3.63) is 0 Å². The van der Waals surface area contributed by atoms with Crippen molar-refractivity contribution < 1.29 is 14.7 Å². The Bertz CT molecular complexity index is 378. The monoisotopic (exact) mass is 281 g/mol. The lowest BCUT2D eigenvalue weighted by Crippen LogP contribution is -2.42. The summed E-state index contributed by atoms with van der Waals surface area (Å²) in [5, 5.41) is 8.74. The standard InChI is InChI=1S/C16H27NO3/c1-16(2)9-4-3-5-13(16)15(20)17-10-8-12(11-17)6-7-14(18)19/h12-13H,3-11H2,1-2H3,(H,18,19). The van der Waals surface area contributed by atoms with Gasteiger partial charge in [0.05, 0.1) is 0 Å². The van der Waals surface area contributed by atoms with E-state index in [1.165, 1.54) is 6.42 Å². The van der Waals surface area contributed by atoms with Crippen LogP contribution in [0.1, 0.15) is 58.8 Å². The maximum absolute atomic E-state index is 12.7. The van der Waals surface area contributed by atoms with Gasteiger partial charge in [-0.2, -0.15) is 0 Å². The van der Waals surface area contributed by atoms with Gasteiger partial charge in [0.15, 0.2) is 0 Å². The number of aliphatic carboxylic acids is 1. The van der Waals surface area contributed by atoms with Crippen molar-refractivity contribution in [1.29, 1.82) is 0 Å². The summed E-state index contributed by atoms with van der Waals surface area (Å²) in [7, 11) is 0. The van der Waals surface area contributed by atoms with Gasteiger partial charge in [-0.3, -0.25) is 9.59 Å². The first-order chi connectivity index (χ1) is 9.40. The number of likely N-dealkylation sites (tertiary alicyclic amines) is 1. The minimum atomic E-state index is -0.733. The largest absolute Gasteiger partial charge is 0.481 e. The topological polar surface area (TPSA) is 57.6 Å². The molecule has 0 radical (unpaired) electrons. The first kappa shape index (κ1) is 15.3. The SMILES string of the molecule is CC1(C)CCCCC1C(=O)N1CCC(CCC(=O)O)C1. The Hall–Kier alpha value is -1.06. The van der Waals surface area contributed by atoms with Crippen molar-refractivity contribution in [2.75, 3.05) is 13.1 Å². The highest BCUT2D eigenvalue weighted by molar-refractivity contribution is 5.80. The fraction of sp³-hybridized carbons (Fsp3) is 0.875. The van der Waals surface area contributed by atoms with E-state index in [9.17, 15) is 9.59 Å². The lowest BCUT2D eigenvalue weighted by Gasteiger charge is -2.39. The van der Waals surface area contributed by atoms with Crippen molar-refractivity contribution in [3.63, 3.8) is 0 Å². The van der Waals surface area contributed by atoms with Crippen LogP contribution >= 0.6 is 0 Å². The van der Waals surface area contributed by atoms with Gasteiger partial charge in [0.1, 0.15) is 0 Å². The van der Waals surface area contributed by atoms with Crippen molar-refractivity contribution >= 4 is 11.9 Å². The molecular weight excluding hydrogens is 254 g/mol. The molecule has 1 aliphatic heterocycles. The van der Waals surface area contributed by atoms with Crippen LogP contribution in [0.5, 0.6) is 0 Å². The molecule has 0 aromatic heterocycles. The van der Waals surface area contributed by atoms with Crippen molar-refractivity contribution in [1.82, 2.24) is 4.90 Å². The zero-order valence-electron chi connectivity index (χ0n) is 12.7. The van der Waals surface area contributed by atoms with Gasteiger partial charge >= 0.3 is 5.97 Å². The van der Waals surface area contributed by atoms with Crippen LogP contribution < -0.4 is 0 Å². The van der Waals surface area contributed by atoms with E-state index in [1.807, 2.05) is 4.90 Å². The van der Waals surface area contributed by atoms with Gasteiger partial charge < -0.3 is 10.0 Å². The minimum absolute atomic E-state index is 0.120. The minimum Gasteiger partial charge on any atom is -0.481 e. The number of carbonyl (C=O) groups excluding carboxylic acids is 1. The van der Waals surface area contributed by atoms with Crippen LogP contribution in [-0.2, 0) is 9.59 Å². The molecule has 1 heterocycles. The molecule has 4 heteroatoms. The maximum Gasteiger partial charge on any atom is 0.303 e. The summed E-state index contributed by atoms with van der Waals surface area (Å²) in [4.78, 5) is 25.3. The second-order valence-corrected chi connectivity index (χ2v) is 7.16. The molecule has 0 aromatic rings. The molecule has 114 valence electrons. The quantitative estimate of drug-likeness (QED) is 0.862. The lowest BCUT2D eigenvalue weighted by molar-refractivity contribution is -0.140. The number of amides is 1. The number of carboxylic acid groups (broad SMARTS) is 1. The average molecular weight is 281 g/mol. The van der Waals surface area contributed by atoms with Gasteiger partial charge in [0.2, 0.25) is 5.91 Å². The highest BCUT2D eigenvalue weighted by Gasteiger charge is 2.40. The van der Waals surface area contributed by atoms with Gasteiger partial charge in [-0.25, -0.2) is 0 Å². The van der Waals surface area contributed by atoms with E-state index in [2.05, 4.69) is 13.8 Å². The first-order valence-electron chi connectivity index (χ1n) is 7.91. The molecule has 0 bridgehead atoms. The smallest absolute Gasteiger partial charge is 0.303 e. The molecule has 1 N–H and O–H groups in total. The van der Waals surface area contributed by atoms with E-state index >= 15 is 0 Å². The van der Waals surface area contributed by atoms with Gasteiger partial charge in [-0.05, 0) is 37.0 Å². The first-order valence-corrected chi connectivity index (χ1v) is 7.91. The zero-order chi connectivity index (χ0) is 14.8. The number of nitrogens with zero attached hydrogens (tertiary/aromatic N) is 1. The lowest BCUT2D eigenvalue weighted by atomic mass is 9.68. The van der Waals surface area contributed by atoms with Crippen molar-refractivity contribution in [3.8, 4) is 0 Å². The predicted octanol–water partition coefficient (Wildman–Crippen LogP) is 2.92. The zero-order valence-corrected chi connectivity index (χ0v) is 12.7. The van der Waals surface area contributed by atoms with E-state index in [-0.39, 0.29) is 17.8 Å². The van der Waals surface area contributed by atoms with E-state index in [0.717, 1.165) is 38.8 Å². The average Bonchev–Trinajstić information content (AvgIpc) is 2.84. The summed E-state index contributed by atoms with van der Waals surface area (Å²) < 4.78 is 0. The van der Waals surface area contributed by atoms with E-state index in [4.69, 9.17) is 5.11 Å². The van der Waals surface area contributed by atoms with Gasteiger partial charge in [0, 0.05) is 25.4 Å². The van der Waals surface area contributed by atoms with Crippen LogP contribution in [0, 0.1) is 17.3 Å². The number of rotatable bonds is 4. The van der Waals surface area contributed by atoms with E-state index in [1.54, 1.807) is 0 Å². The Kier molecular flexibility index (Phi) is 4.71. The van der Waals surface area contributed by atoms with Gasteiger partial charge in [-0.15, -0.1) is 0 Å². The molecule has 1 saturated carbocycles. The fourth-order valence-electron chi connectivity index (χ4n) is 3.77. The Labute approximate surface area is 121 Å². The van der Waals surface area contributed by atoms with Crippen LogP contribution in [0.4, 0.5) is 0 Å². The molecule has 2 aliphatic rings. The van der Waals surface area contributed by atoms with Crippen LogP contribution in [0.25, 0.3) is 0 Å². The van der Waals surface area contributed by atoms with Crippen molar-refractivity contribution in [2.24, 2.45) is 17.3 Å². The molecule has 1 aliphatic carbocycles. The third-order valence-electron chi connectivity index (χ3n) is 5.17. The molecule has 2 atom stereocenters. The maximum atomic E-state index is 12.7. The normalized spacial score (nSPS) is 29.4. The summed E-state index contributed by atoms with van der Waals surface area (Å²) in [6.07, 6.45) is 6.44. The van der Waals surface area contributed by atoms with Crippen LogP contribution in [0.15, 0.2) is 0 Å². The highest BCUT2D eigenvalue weighted by Crippen LogP contribution is 2.42. The van der Waals surface area contributed by atoms with Gasteiger partial charge in [0.25, 0.3) is 0 Å². The second kappa shape index (κ2) is 6.15. The number of hydrogen-bond donors (Lipinski definition) is 1. The second-order valence-electron chi connectivity index (χ2n) is 7.16. The number of carboxylic acids is 1. The summed E-state index contributed by atoms with van der Waals surface area (Å²) in [6, 6.07) is 0. The van der Waals surface area contributed by atoms with E-state index in [0.29, 0.717) is 18.2 Å². The summed E-state index contributed by atoms with van der Waals surface area (Å²) in [5.74, 6) is 0.118. The highest BCUT2D eigenvalue weighted by atomic mass is 16.4. The van der Waals surface area contributed by atoms with Gasteiger partial charge in [-0.1, -0.05) is 26.7 Å². The third kappa shape index (κ3) is 3.53. The molecule has 2 rings (SSSR count). The molecule has 1 amide bonds. The Morgan fingerprint density at radius 2 is 2.00 bits per heavy atom. The molecule has 20 heavy (non-hydrogen) atoms.